The second-order valence-corrected chi connectivity index (χ2v) is 8.87. The molecule has 0 N–H and O–H groups in total. The highest BCUT2D eigenvalue weighted by Gasteiger charge is 2.31. The molecule has 2 rings (SSSR count). The van der Waals surface area contributed by atoms with Crippen LogP contribution in [0.15, 0.2) is 48.5 Å². The van der Waals surface area contributed by atoms with Crippen LogP contribution in [0.4, 0.5) is 13.2 Å². The molecule has 0 aliphatic rings. The lowest BCUT2D eigenvalue weighted by atomic mass is 9.73. The van der Waals surface area contributed by atoms with Crippen LogP contribution in [0.3, 0.4) is 0 Å². The Hall–Kier alpha value is -1.48. The number of hydrogen-bond acceptors (Lipinski definition) is 0. The molecule has 0 aliphatic heterocycles. The van der Waals surface area contributed by atoms with Gasteiger partial charge in [0.05, 0.1) is 5.56 Å². The number of rotatable bonds is 6. The highest BCUT2D eigenvalue weighted by atomic mass is 35.5. The van der Waals surface area contributed by atoms with Crippen molar-refractivity contribution in [3.8, 4) is 0 Å². The molecule has 26 heavy (non-hydrogen) atoms. The highest BCUT2D eigenvalue weighted by molar-refractivity contribution is 6.30. The fourth-order valence-corrected chi connectivity index (χ4v) is 3.32. The van der Waals surface area contributed by atoms with E-state index >= 15 is 0 Å². The quantitative estimate of drug-likeness (QED) is 0.480. The largest absolute Gasteiger partial charge is 0.416 e. The van der Waals surface area contributed by atoms with E-state index < -0.39 is 11.7 Å². The van der Waals surface area contributed by atoms with Gasteiger partial charge in [-0.15, -0.1) is 0 Å². The van der Waals surface area contributed by atoms with Crippen LogP contribution in [-0.2, 0) is 18.0 Å². The molecule has 0 radical (unpaired) electrons. The van der Waals surface area contributed by atoms with Gasteiger partial charge in [0.1, 0.15) is 0 Å². The summed E-state index contributed by atoms with van der Waals surface area (Å²) in [6.45, 7) is 8.61. The van der Waals surface area contributed by atoms with Gasteiger partial charge in [-0.25, -0.2) is 0 Å². The predicted molar refractivity (Wildman–Crippen MR) is 103 cm³/mol. The first-order valence-corrected chi connectivity index (χ1v) is 9.19. The standard InChI is InChI=1S/C22H26ClF3/c1-20(2,15-16-6-5-7-18(14-16)22(24,25)26)12-13-21(3,4)17-8-10-19(23)11-9-17/h5-11,14H,12-13,15H2,1-4H3. The molecule has 0 amide bonds. The summed E-state index contributed by atoms with van der Waals surface area (Å²) in [4.78, 5) is 0. The Labute approximate surface area is 159 Å². The molecule has 0 saturated carbocycles. The molecule has 0 nitrogen and oxygen atoms in total. The van der Waals surface area contributed by atoms with Crippen molar-refractivity contribution in [1.29, 1.82) is 0 Å². The van der Waals surface area contributed by atoms with E-state index in [1.807, 2.05) is 24.3 Å². The molecule has 0 aliphatic carbocycles. The molecule has 0 spiro atoms. The molecule has 2 aromatic rings. The molecule has 2 aromatic carbocycles. The average Bonchev–Trinajstić information content (AvgIpc) is 2.53. The smallest absolute Gasteiger partial charge is 0.166 e. The third-order valence-electron chi connectivity index (χ3n) is 4.99. The Kier molecular flexibility index (Phi) is 6.12. The predicted octanol–water partition coefficient (Wildman–Crippen LogP) is 7.69. The Morgan fingerprint density at radius 3 is 2.00 bits per heavy atom. The van der Waals surface area contributed by atoms with Crippen LogP contribution in [0.2, 0.25) is 5.02 Å². The molecule has 0 saturated heterocycles. The Morgan fingerprint density at radius 2 is 1.42 bits per heavy atom. The molecule has 4 heteroatoms. The molecule has 0 aromatic heterocycles. The van der Waals surface area contributed by atoms with Crippen molar-refractivity contribution < 1.29 is 13.2 Å². The zero-order valence-corrected chi connectivity index (χ0v) is 16.5. The van der Waals surface area contributed by atoms with Gasteiger partial charge in [0.25, 0.3) is 0 Å². The Morgan fingerprint density at radius 1 is 0.808 bits per heavy atom. The van der Waals surface area contributed by atoms with Crippen LogP contribution in [-0.4, -0.2) is 0 Å². The van der Waals surface area contributed by atoms with E-state index in [1.165, 1.54) is 17.7 Å². The van der Waals surface area contributed by atoms with E-state index in [-0.39, 0.29) is 10.8 Å². The highest BCUT2D eigenvalue weighted by Crippen LogP contribution is 2.37. The van der Waals surface area contributed by atoms with Crippen LogP contribution >= 0.6 is 11.6 Å². The van der Waals surface area contributed by atoms with E-state index in [0.717, 1.165) is 29.5 Å². The summed E-state index contributed by atoms with van der Waals surface area (Å²) < 4.78 is 38.7. The zero-order valence-electron chi connectivity index (χ0n) is 15.8. The second-order valence-electron chi connectivity index (χ2n) is 8.43. The van der Waals surface area contributed by atoms with E-state index in [9.17, 15) is 13.2 Å². The molecular formula is C22H26ClF3. The molecule has 0 unspecified atom stereocenters. The van der Waals surface area contributed by atoms with Crippen molar-refractivity contribution in [3.63, 3.8) is 0 Å². The molecule has 142 valence electrons. The molecule has 0 fully saturated rings. The van der Waals surface area contributed by atoms with E-state index in [2.05, 4.69) is 27.7 Å². The minimum atomic E-state index is -4.29. The summed E-state index contributed by atoms with van der Waals surface area (Å²) in [7, 11) is 0. The fourth-order valence-electron chi connectivity index (χ4n) is 3.19. The Balaban J connectivity index is 2.05. The molecule has 0 bridgehead atoms. The van der Waals surface area contributed by atoms with Crippen LogP contribution in [0.1, 0.15) is 57.2 Å². The van der Waals surface area contributed by atoms with Crippen molar-refractivity contribution in [2.24, 2.45) is 5.41 Å². The van der Waals surface area contributed by atoms with Gasteiger partial charge >= 0.3 is 6.18 Å². The lowest BCUT2D eigenvalue weighted by molar-refractivity contribution is -0.137. The van der Waals surface area contributed by atoms with Crippen molar-refractivity contribution in [2.75, 3.05) is 0 Å². The first-order chi connectivity index (χ1) is 11.9. The second kappa shape index (κ2) is 7.64. The lowest BCUT2D eigenvalue weighted by Gasteiger charge is -2.32. The number of benzene rings is 2. The third-order valence-corrected chi connectivity index (χ3v) is 5.24. The minimum Gasteiger partial charge on any atom is -0.166 e. The Bertz CT molecular complexity index is 728. The van der Waals surface area contributed by atoms with Crippen molar-refractivity contribution in [1.82, 2.24) is 0 Å². The van der Waals surface area contributed by atoms with Gasteiger partial charge < -0.3 is 0 Å². The first kappa shape index (κ1) is 20.8. The van der Waals surface area contributed by atoms with Gasteiger partial charge in [-0.1, -0.05) is 69.6 Å². The maximum absolute atomic E-state index is 12.9. The van der Waals surface area contributed by atoms with Gasteiger partial charge in [0.15, 0.2) is 0 Å². The van der Waals surface area contributed by atoms with Crippen molar-refractivity contribution >= 4 is 11.6 Å². The zero-order chi connectivity index (χ0) is 19.6. The van der Waals surface area contributed by atoms with Gasteiger partial charge in [-0.3, -0.25) is 0 Å². The van der Waals surface area contributed by atoms with E-state index in [1.54, 1.807) is 6.07 Å². The molecule has 0 heterocycles. The summed E-state index contributed by atoms with van der Waals surface area (Å²) in [5.41, 5.74) is 1.27. The fraction of sp³-hybridized carbons (Fsp3) is 0.455. The van der Waals surface area contributed by atoms with E-state index in [0.29, 0.717) is 6.42 Å². The lowest BCUT2D eigenvalue weighted by Crippen LogP contribution is -2.23. The third kappa shape index (κ3) is 5.77. The molecular weight excluding hydrogens is 357 g/mol. The van der Waals surface area contributed by atoms with Gasteiger partial charge in [-0.2, -0.15) is 13.2 Å². The van der Waals surface area contributed by atoms with Crippen LogP contribution < -0.4 is 0 Å². The maximum Gasteiger partial charge on any atom is 0.416 e. The summed E-state index contributed by atoms with van der Waals surface area (Å²) in [5.74, 6) is 0. The van der Waals surface area contributed by atoms with Gasteiger partial charge in [-0.05, 0) is 59.4 Å². The first-order valence-electron chi connectivity index (χ1n) is 8.81. The van der Waals surface area contributed by atoms with Crippen LogP contribution in [0.5, 0.6) is 0 Å². The van der Waals surface area contributed by atoms with Gasteiger partial charge in [0, 0.05) is 5.02 Å². The van der Waals surface area contributed by atoms with Crippen LogP contribution in [0, 0.1) is 5.41 Å². The number of alkyl halides is 3. The maximum atomic E-state index is 12.9. The summed E-state index contributed by atoms with van der Waals surface area (Å²) >= 11 is 5.97. The monoisotopic (exact) mass is 382 g/mol. The van der Waals surface area contributed by atoms with E-state index in [4.69, 9.17) is 11.6 Å². The number of hydrogen-bond donors (Lipinski definition) is 0. The number of halogens is 4. The van der Waals surface area contributed by atoms with Crippen molar-refractivity contribution in [3.05, 3.63) is 70.2 Å². The van der Waals surface area contributed by atoms with Crippen molar-refractivity contribution in [2.45, 2.75) is 58.5 Å². The minimum absolute atomic E-state index is 0.0182. The summed E-state index contributed by atoms with van der Waals surface area (Å²) in [5, 5.41) is 0.717. The summed E-state index contributed by atoms with van der Waals surface area (Å²) in [6.07, 6.45) is -1.82. The SMILES string of the molecule is CC(C)(CCC(C)(C)c1ccc(Cl)cc1)Cc1cccc(C(F)(F)F)c1. The van der Waals surface area contributed by atoms with Crippen LogP contribution in [0.25, 0.3) is 0 Å². The normalized spacial score (nSPS) is 13.1. The summed E-state index contributed by atoms with van der Waals surface area (Å²) in [6, 6.07) is 13.5. The molecule has 0 atom stereocenters. The topological polar surface area (TPSA) is 0 Å². The van der Waals surface area contributed by atoms with Gasteiger partial charge in [0.2, 0.25) is 0 Å². The average molecular weight is 383 g/mol.